The molecule has 28 heavy (non-hydrogen) atoms. The van der Waals surface area contributed by atoms with Gasteiger partial charge in [0, 0.05) is 5.69 Å². The van der Waals surface area contributed by atoms with Gasteiger partial charge in [0.15, 0.2) is 0 Å². The van der Waals surface area contributed by atoms with E-state index in [0.717, 1.165) is 5.56 Å². The van der Waals surface area contributed by atoms with Crippen LogP contribution >= 0.6 is 23.4 Å². The number of nitrogens with zero attached hydrogens (tertiary/aromatic N) is 3. The van der Waals surface area contributed by atoms with Crippen LogP contribution in [0.2, 0.25) is 5.02 Å². The van der Waals surface area contributed by atoms with E-state index in [2.05, 4.69) is 20.5 Å². The van der Waals surface area contributed by atoms with E-state index in [1.54, 1.807) is 36.4 Å². The third-order valence-electron chi connectivity index (χ3n) is 3.49. The fourth-order valence-corrected chi connectivity index (χ4v) is 2.99. The molecule has 0 fully saturated rings. The van der Waals surface area contributed by atoms with Crippen molar-refractivity contribution in [1.29, 1.82) is 5.26 Å². The quantitative estimate of drug-likeness (QED) is 0.585. The minimum absolute atomic E-state index is 0.108. The lowest BCUT2D eigenvalue weighted by Crippen LogP contribution is -2.14. The number of carbonyl (C=O) groups excluding carboxylic acids is 1. The minimum Gasteiger partial charge on any atom is -0.325 e. The Bertz CT molecular complexity index is 1060. The van der Waals surface area contributed by atoms with Gasteiger partial charge in [0.1, 0.15) is 17.7 Å². The van der Waals surface area contributed by atoms with Gasteiger partial charge in [-0.15, -0.1) is 5.10 Å². The van der Waals surface area contributed by atoms with E-state index in [0.29, 0.717) is 22.2 Å². The summed E-state index contributed by atoms with van der Waals surface area (Å²) in [4.78, 5) is 16.3. The number of anilines is 1. The van der Waals surface area contributed by atoms with Crippen LogP contribution < -0.4 is 5.32 Å². The van der Waals surface area contributed by atoms with Gasteiger partial charge in [-0.05, 0) is 42.0 Å². The van der Waals surface area contributed by atoms with Crippen LogP contribution in [0, 0.1) is 17.1 Å². The largest absolute Gasteiger partial charge is 0.325 e. The molecule has 1 amide bonds. The molecular formula is C19H13ClFN5OS. The van der Waals surface area contributed by atoms with Gasteiger partial charge in [0.25, 0.3) is 0 Å². The average molecular weight is 414 g/mol. The van der Waals surface area contributed by atoms with Gasteiger partial charge in [0.05, 0.1) is 16.3 Å². The summed E-state index contributed by atoms with van der Waals surface area (Å²) in [7, 11) is 0. The number of hydrogen-bond acceptors (Lipinski definition) is 5. The number of aromatic amines is 1. The Labute approximate surface area is 169 Å². The molecule has 0 radical (unpaired) electrons. The Morgan fingerprint density at radius 1 is 1.29 bits per heavy atom. The van der Waals surface area contributed by atoms with Crippen molar-refractivity contribution in [2.24, 2.45) is 0 Å². The first kappa shape index (κ1) is 19.6. The maximum atomic E-state index is 12.9. The van der Waals surface area contributed by atoms with Crippen LogP contribution in [0.4, 0.5) is 10.1 Å². The Balaban J connectivity index is 1.52. The van der Waals surface area contributed by atoms with Crippen LogP contribution in [0.5, 0.6) is 0 Å². The van der Waals surface area contributed by atoms with Crippen molar-refractivity contribution in [2.45, 2.75) is 5.16 Å². The number of aromatic nitrogens is 3. The number of nitriles is 1. The molecule has 2 N–H and O–H groups in total. The first-order valence-corrected chi connectivity index (χ1v) is 9.38. The summed E-state index contributed by atoms with van der Waals surface area (Å²) in [6, 6.07) is 12.7. The van der Waals surface area contributed by atoms with Crippen molar-refractivity contribution in [1.82, 2.24) is 15.2 Å². The zero-order chi connectivity index (χ0) is 19.9. The topological polar surface area (TPSA) is 94.5 Å². The lowest BCUT2D eigenvalue weighted by Gasteiger charge is -2.05. The second kappa shape index (κ2) is 9.17. The predicted molar refractivity (Wildman–Crippen MR) is 107 cm³/mol. The summed E-state index contributed by atoms with van der Waals surface area (Å²) in [6.07, 6.45) is 3.48. The SMILES string of the molecule is N#Cc1ccc(NC(=O)CSc2n[nH]c(/C=C/c3ccc(F)cc3)n2)cc1Cl. The molecule has 140 valence electrons. The molecule has 3 aromatic rings. The van der Waals surface area contributed by atoms with E-state index < -0.39 is 0 Å². The molecule has 0 unspecified atom stereocenters. The summed E-state index contributed by atoms with van der Waals surface area (Å²) in [6.45, 7) is 0. The Morgan fingerprint density at radius 3 is 2.79 bits per heavy atom. The Kier molecular flexibility index (Phi) is 6.42. The van der Waals surface area contributed by atoms with Crippen molar-refractivity contribution in [2.75, 3.05) is 11.1 Å². The number of nitrogens with one attached hydrogen (secondary N) is 2. The second-order valence-electron chi connectivity index (χ2n) is 5.53. The van der Waals surface area contributed by atoms with Crippen LogP contribution in [-0.4, -0.2) is 26.8 Å². The van der Waals surface area contributed by atoms with Crippen LogP contribution in [0.15, 0.2) is 47.6 Å². The highest BCUT2D eigenvalue weighted by Crippen LogP contribution is 2.21. The molecule has 0 aliphatic rings. The van der Waals surface area contributed by atoms with E-state index in [4.69, 9.17) is 16.9 Å². The maximum Gasteiger partial charge on any atom is 0.234 e. The number of rotatable bonds is 6. The van der Waals surface area contributed by atoms with Crippen molar-refractivity contribution in [3.05, 3.63) is 70.3 Å². The van der Waals surface area contributed by atoms with Gasteiger partial charge in [-0.25, -0.2) is 9.37 Å². The molecule has 0 atom stereocenters. The first-order valence-electron chi connectivity index (χ1n) is 8.02. The Morgan fingerprint density at radius 2 is 2.07 bits per heavy atom. The first-order chi connectivity index (χ1) is 13.5. The van der Waals surface area contributed by atoms with Gasteiger partial charge in [-0.1, -0.05) is 41.6 Å². The van der Waals surface area contributed by atoms with Crippen LogP contribution in [0.25, 0.3) is 12.2 Å². The number of halogens is 2. The number of thioether (sulfide) groups is 1. The summed E-state index contributed by atoms with van der Waals surface area (Å²) in [5.41, 5.74) is 1.68. The standard InChI is InChI=1S/C19H13ClFN5OS/c20-16-9-15(7-4-13(16)10-22)23-18(27)11-28-19-24-17(25-26-19)8-3-12-1-5-14(21)6-2-12/h1-9H,11H2,(H,23,27)(H,24,25,26)/b8-3+. The number of H-pyrrole nitrogens is 1. The fourth-order valence-electron chi connectivity index (χ4n) is 2.16. The molecule has 9 heteroatoms. The van der Waals surface area contributed by atoms with E-state index in [1.807, 2.05) is 6.07 Å². The molecule has 2 aromatic carbocycles. The van der Waals surface area contributed by atoms with Crippen molar-refractivity contribution in [3.8, 4) is 6.07 Å². The number of benzene rings is 2. The maximum absolute atomic E-state index is 12.9. The van der Waals surface area contributed by atoms with Crippen LogP contribution in [0.3, 0.4) is 0 Å². The second-order valence-corrected chi connectivity index (χ2v) is 6.88. The number of carbonyl (C=O) groups is 1. The van der Waals surface area contributed by atoms with E-state index in [9.17, 15) is 9.18 Å². The van der Waals surface area contributed by atoms with Gasteiger partial charge in [-0.3, -0.25) is 9.89 Å². The molecule has 0 aliphatic carbocycles. The molecule has 0 saturated heterocycles. The highest BCUT2D eigenvalue weighted by atomic mass is 35.5. The van der Waals surface area contributed by atoms with Crippen molar-refractivity contribution in [3.63, 3.8) is 0 Å². The monoisotopic (exact) mass is 413 g/mol. The fraction of sp³-hybridized carbons (Fsp3) is 0.0526. The normalized spacial score (nSPS) is 10.8. The third kappa shape index (κ3) is 5.42. The van der Waals surface area contributed by atoms with E-state index in [1.165, 1.54) is 30.0 Å². The zero-order valence-corrected chi connectivity index (χ0v) is 15.9. The molecule has 0 spiro atoms. The molecule has 1 heterocycles. The molecule has 6 nitrogen and oxygen atoms in total. The smallest absolute Gasteiger partial charge is 0.234 e. The summed E-state index contributed by atoms with van der Waals surface area (Å²) < 4.78 is 12.9. The van der Waals surface area contributed by atoms with Crippen LogP contribution in [0.1, 0.15) is 17.0 Å². The molecule has 3 rings (SSSR count). The highest BCUT2D eigenvalue weighted by Gasteiger charge is 2.08. The van der Waals surface area contributed by atoms with Gasteiger partial charge in [0.2, 0.25) is 11.1 Å². The summed E-state index contributed by atoms with van der Waals surface area (Å²) >= 11 is 7.11. The molecule has 0 saturated carbocycles. The zero-order valence-electron chi connectivity index (χ0n) is 14.3. The third-order valence-corrected chi connectivity index (χ3v) is 4.65. The lowest BCUT2D eigenvalue weighted by atomic mass is 10.2. The average Bonchev–Trinajstić information content (AvgIpc) is 3.14. The van der Waals surface area contributed by atoms with E-state index >= 15 is 0 Å². The predicted octanol–water partition coefficient (Wildman–Crippen LogP) is 4.37. The number of amides is 1. The van der Waals surface area contributed by atoms with Gasteiger partial charge in [-0.2, -0.15) is 5.26 Å². The van der Waals surface area contributed by atoms with Gasteiger partial charge >= 0.3 is 0 Å². The molecular weight excluding hydrogens is 401 g/mol. The number of hydrogen-bond donors (Lipinski definition) is 2. The van der Waals surface area contributed by atoms with E-state index in [-0.39, 0.29) is 22.5 Å². The van der Waals surface area contributed by atoms with Crippen molar-refractivity contribution >= 4 is 47.1 Å². The minimum atomic E-state index is -0.294. The summed E-state index contributed by atoms with van der Waals surface area (Å²) in [5, 5.41) is 19.0. The molecule has 0 aliphatic heterocycles. The van der Waals surface area contributed by atoms with Crippen LogP contribution in [-0.2, 0) is 4.79 Å². The lowest BCUT2D eigenvalue weighted by molar-refractivity contribution is -0.113. The summed E-state index contributed by atoms with van der Waals surface area (Å²) in [5.74, 6) is 0.0819. The van der Waals surface area contributed by atoms with Crippen molar-refractivity contribution < 1.29 is 9.18 Å². The van der Waals surface area contributed by atoms with Gasteiger partial charge < -0.3 is 5.32 Å². The molecule has 1 aromatic heterocycles. The highest BCUT2D eigenvalue weighted by molar-refractivity contribution is 7.99. The molecule has 0 bridgehead atoms. The Hall–Kier alpha value is -3.15.